The highest BCUT2D eigenvalue weighted by atomic mass is 19.4. The Bertz CT molecular complexity index is 557. The lowest BCUT2D eigenvalue weighted by Gasteiger charge is -2.08. The number of anilines is 1. The Kier molecular flexibility index (Phi) is 3.19. The lowest BCUT2D eigenvalue weighted by Crippen LogP contribution is -2.10. The number of para-hydroxylation sites is 1. The van der Waals surface area contributed by atoms with E-state index in [9.17, 15) is 13.2 Å². The van der Waals surface area contributed by atoms with Crippen LogP contribution >= 0.6 is 0 Å². The van der Waals surface area contributed by atoms with E-state index in [0.29, 0.717) is 0 Å². The average molecular weight is 257 g/mol. The van der Waals surface area contributed by atoms with Crippen LogP contribution in [0.2, 0.25) is 0 Å². The number of nitrogens with zero attached hydrogens (tertiary/aromatic N) is 2. The van der Waals surface area contributed by atoms with Crippen LogP contribution in [0.4, 0.5) is 19.1 Å². The number of nitrogens with two attached hydrogens (primary N) is 1. The van der Waals surface area contributed by atoms with Gasteiger partial charge in [-0.3, -0.25) is 0 Å². The fourth-order valence-corrected chi connectivity index (χ4v) is 1.98. The van der Waals surface area contributed by atoms with Gasteiger partial charge in [0.2, 0.25) is 5.95 Å². The van der Waals surface area contributed by atoms with Crippen molar-refractivity contribution in [1.82, 2.24) is 9.55 Å². The van der Waals surface area contributed by atoms with E-state index in [-0.39, 0.29) is 18.9 Å². The Morgan fingerprint density at radius 2 is 2.06 bits per heavy atom. The third-order valence-electron chi connectivity index (χ3n) is 2.85. The fourth-order valence-electron chi connectivity index (χ4n) is 1.98. The van der Waals surface area contributed by atoms with Gasteiger partial charge in [-0.1, -0.05) is 12.1 Å². The summed E-state index contributed by atoms with van der Waals surface area (Å²) < 4.78 is 38.0. The smallest absolute Gasteiger partial charge is 0.369 e. The zero-order chi connectivity index (χ0) is 13.3. The number of aryl methyl sites for hydroxylation is 2. The van der Waals surface area contributed by atoms with Crippen LogP contribution in [0.1, 0.15) is 18.4 Å². The molecule has 0 bridgehead atoms. The molecular formula is C12H14F3N3. The average Bonchev–Trinajstić information content (AvgIpc) is 2.56. The number of nitrogen functional groups attached to an aromatic ring is 1. The van der Waals surface area contributed by atoms with Crippen molar-refractivity contribution in [3.05, 3.63) is 23.8 Å². The minimum absolute atomic E-state index is 0.00705. The topological polar surface area (TPSA) is 43.8 Å². The minimum atomic E-state index is -4.12. The summed E-state index contributed by atoms with van der Waals surface area (Å²) in [7, 11) is 0. The van der Waals surface area contributed by atoms with Crippen molar-refractivity contribution in [2.24, 2.45) is 0 Å². The maximum Gasteiger partial charge on any atom is 0.389 e. The number of benzene rings is 1. The summed E-state index contributed by atoms with van der Waals surface area (Å²) in [5, 5.41) is 0. The lowest BCUT2D eigenvalue weighted by molar-refractivity contribution is -0.135. The Hall–Kier alpha value is -1.72. The lowest BCUT2D eigenvalue weighted by atomic mass is 10.2. The molecule has 2 aromatic rings. The van der Waals surface area contributed by atoms with Crippen LogP contribution in [0, 0.1) is 6.92 Å². The molecule has 18 heavy (non-hydrogen) atoms. The van der Waals surface area contributed by atoms with Gasteiger partial charge in [-0.2, -0.15) is 13.2 Å². The van der Waals surface area contributed by atoms with E-state index >= 15 is 0 Å². The fraction of sp³-hybridized carbons (Fsp3) is 0.417. The van der Waals surface area contributed by atoms with Crippen molar-refractivity contribution >= 4 is 17.0 Å². The first-order valence-electron chi connectivity index (χ1n) is 5.66. The molecule has 0 aliphatic heterocycles. The van der Waals surface area contributed by atoms with Crippen molar-refractivity contribution in [3.8, 4) is 0 Å². The summed E-state index contributed by atoms with van der Waals surface area (Å²) in [6, 6.07) is 5.56. The van der Waals surface area contributed by atoms with Gasteiger partial charge >= 0.3 is 6.18 Å². The molecule has 0 aliphatic rings. The first-order valence-corrected chi connectivity index (χ1v) is 5.66. The van der Waals surface area contributed by atoms with Crippen LogP contribution in [-0.2, 0) is 6.54 Å². The molecule has 1 aromatic heterocycles. The van der Waals surface area contributed by atoms with Crippen LogP contribution in [0.15, 0.2) is 18.2 Å². The van der Waals surface area contributed by atoms with Gasteiger partial charge in [-0.05, 0) is 25.0 Å². The van der Waals surface area contributed by atoms with Gasteiger partial charge in [0.15, 0.2) is 0 Å². The Labute approximate surface area is 102 Å². The van der Waals surface area contributed by atoms with E-state index in [2.05, 4.69) is 4.98 Å². The molecule has 1 aromatic carbocycles. The van der Waals surface area contributed by atoms with Crippen molar-refractivity contribution in [2.75, 3.05) is 5.73 Å². The van der Waals surface area contributed by atoms with E-state index < -0.39 is 12.6 Å². The number of rotatable bonds is 3. The minimum Gasteiger partial charge on any atom is -0.369 e. The number of alkyl halides is 3. The van der Waals surface area contributed by atoms with Crippen LogP contribution in [0.5, 0.6) is 0 Å². The second-order valence-corrected chi connectivity index (χ2v) is 4.28. The number of imidazole rings is 1. The number of fused-ring (bicyclic) bond motifs is 1. The predicted octanol–water partition coefficient (Wildman–Crippen LogP) is 3.27. The van der Waals surface area contributed by atoms with Gasteiger partial charge in [-0.25, -0.2) is 4.98 Å². The molecule has 0 aliphatic carbocycles. The molecule has 2 N–H and O–H groups in total. The molecule has 3 nitrogen and oxygen atoms in total. The monoisotopic (exact) mass is 257 g/mol. The van der Waals surface area contributed by atoms with E-state index in [0.717, 1.165) is 16.6 Å². The van der Waals surface area contributed by atoms with Gasteiger partial charge in [0.05, 0.1) is 11.0 Å². The number of hydrogen-bond acceptors (Lipinski definition) is 2. The van der Waals surface area contributed by atoms with Crippen LogP contribution < -0.4 is 5.73 Å². The zero-order valence-corrected chi connectivity index (χ0v) is 9.96. The highest BCUT2D eigenvalue weighted by molar-refractivity contribution is 5.81. The van der Waals surface area contributed by atoms with E-state index in [1.807, 2.05) is 25.1 Å². The first kappa shape index (κ1) is 12.7. The largest absolute Gasteiger partial charge is 0.389 e. The molecule has 0 saturated heterocycles. The summed E-state index contributed by atoms with van der Waals surface area (Å²) in [4.78, 5) is 4.19. The summed E-state index contributed by atoms with van der Waals surface area (Å²) in [5.74, 6) is 0.265. The van der Waals surface area contributed by atoms with Crippen LogP contribution in [0.3, 0.4) is 0 Å². The third kappa shape index (κ3) is 2.57. The van der Waals surface area contributed by atoms with Gasteiger partial charge in [0, 0.05) is 13.0 Å². The Balaban J connectivity index is 2.23. The predicted molar refractivity (Wildman–Crippen MR) is 64.2 cm³/mol. The second-order valence-electron chi connectivity index (χ2n) is 4.28. The highest BCUT2D eigenvalue weighted by Crippen LogP contribution is 2.25. The summed E-state index contributed by atoms with van der Waals surface area (Å²) >= 11 is 0. The maximum atomic E-state index is 12.1. The van der Waals surface area contributed by atoms with Gasteiger partial charge in [-0.15, -0.1) is 0 Å². The van der Waals surface area contributed by atoms with Crippen molar-refractivity contribution < 1.29 is 13.2 Å². The molecule has 0 saturated carbocycles. The summed E-state index contributed by atoms with van der Waals surface area (Å²) in [6.07, 6.45) is -4.92. The van der Waals surface area contributed by atoms with E-state index in [1.165, 1.54) is 0 Å². The standard InChI is InChI=1S/C12H14F3N3/c1-8-4-2-5-9-10(8)17-11(16)18(9)7-3-6-12(13,14)15/h2,4-5H,3,6-7H2,1H3,(H2,16,17). The molecule has 1 heterocycles. The van der Waals surface area contributed by atoms with Crippen LogP contribution in [0.25, 0.3) is 11.0 Å². The molecule has 6 heteroatoms. The van der Waals surface area contributed by atoms with Crippen molar-refractivity contribution in [3.63, 3.8) is 0 Å². The SMILES string of the molecule is Cc1cccc2c1nc(N)n2CCCC(F)(F)F. The van der Waals surface area contributed by atoms with Gasteiger partial charge in [0.25, 0.3) is 0 Å². The van der Waals surface area contributed by atoms with Crippen molar-refractivity contribution in [1.29, 1.82) is 0 Å². The quantitative estimate of drug-likeness (QED) is 0.917. The number of hydrogen-bond donors (Lipinski definition) is 1. The Morgan fingerprint density at radius 1 is 1.33 bits per heavy atom. The molecule has 0 amide bonds. The van der Waals surface area contributed by atoms with Crippen LogP contribution in [-0.4, -0.2) is 15.7 Å². The molecule has 0 radical (unpaired) electrons. The molecular weight excluding hydrogens is 243 g/mol. The number of halogens is 3. The summed E-state index contributed by atoms with van der Waals surface area (Å²) in [6.45, 7) is 2.13. The third-order valence-corrected chi connectivity index (χ3v) is 2.85. The van der Waals surface area contributed by atoms with E-state index in [4.69, 9.17) is 5.73 Å². The second kappa shape index (κ2) is 4.51. The normalized spacial score (nSPS) is 12.2. The highest BCUT2D eigenvalue weighted by Gasteiger charge is 2.26. The number of aromatic nitrogens is 2. The zero-order valence-electron chi connectivity index (χ0n) is 9.96. The molecule has 0 unspecified atom stereocenters. The Morgan fingerprint density at radius 3 is 2.72 bits per heavy atom. The molecule has 98 valence electrons. The van der Waals surface area contributed by atoms with Gasteiger partial charge < -0.3 is 10.3 Å². The first-order chi connectivity index (χ1) is 8.38. The molecule has 0 atom stereocenters. The molecule has 0 fully saturated rings. The molecule has 0 spiro atoms. The van der Waals surface area contributed by atoms with Gasteiger partial charge in [0.1, 0.15) is 0 Å². The molecule has 2 rings (SSSR count). The van der Waals surface area contributed by atoms with E-state index in [1.54, 1.807) is 4.57 Å². The maximum absolute atomic E-state index is 12.1. The summed E-state index contributed by atoms with van der Waals surface area (Å²) in [5.41, 5.74) is 8.25. The van der Waals surface area contributed by atoms with Crippen molar-refractivity contribution in [2.45, 2.75) is 32.5 Å².